The van der Waals surface area contributed by atoms with Crippen LogP contribution in [0.3, 0.4) is 0 Å². The van der Waals surface area contributed by atoms with Crippen LogP contribution >= 0.6 is 24.0 Å². The van der Waals surface area contributed by atoms with Crippen LogP contribution in [0.5, 0.6) is 0 Å². The fourth-order valence-corrected chi connectivity index (χ4v) is 8.81. The second-order valence-corrected chi connectivity index (χ2v) is 14.1. The van der Waals surface area contributed by atoms with E-state index in [0.29, 0.717) is 16.9 Å². The Balaban J connectivity index is 1.19. The zero-order valence-electron chi connectivity index (χ0n) is 26.1. The minimum absolute atomic E-state index is 0.277. The maximum atomic E-state index is 13.2. The number of nitrogens with zero attached hydrogens (tertiary/aromatic N) is 2. The molecule has 236 valence electrons. The average Bonchev–Trinajstić information content (AvgIpc) is 3.78. The fourth-order valence-electron chi connectivity index (χ4n) is 7.56. The quantitative estimate of drug-likeness (QED) is 0.106. The molecule has 2 atom stereocenters. The molecule has 1 saturated carbocycles. The van der Waals surface area contributed by atoms with Crippen molar-refractivity contribution in [1.29, 1.82) is 0 Å². The molecule has 2 aliphatic heterocycles. The van der Waals surface area contributed by atoms with Gasteiger partial charge < -0.3 is 10.0 Å². The Bertz CT molecular complexity index is 2100. The average molecular weight is 665 g/mol. The van der Waals surface area contributed by atoms with Gasteiger partial charge in [0.1, 0.15) is 10.9 Å². The van der Waals surface area contributed by atoms with E-state index in [0.717, 1.165) is 34.7 Å². The maximum absolute atomic E-state index is 13.2. The number of aliphatic carboxylic acids is 1. The number of benzene rings is 5. The molecule has 5 aromatic carbocycles. The third-order valence-corrected chi connectivity index (χ3v) is 11.0. The number of amides is 1. The van der Waals surface area contributed by atoms with Gasteiger partial charge in [-0.1, -0.05) is 127 Å². The first-order chi connectivity index (χ1) is 23.5. The summed E-state index contributed by atoms with van der Waals surface area (Å²) < 4.78 is 0.277. The fraction of sp³-hybridized carbons (Fsp3) is 0.146. The second kappa shape index (κ2) is 12.6. The maximum Gasteiger partial charge on any atom is 0.323 e. The molecule has 48 heavy (non-hydrogen) atoms. The van der Waals surface area contributed by atoms with Gasteiger partial charge in [-0.05, 0) is 82.0 Å². The molecular formula is C41H32N2O3S2. The summed E-state index contributed by atoms with van der Waals surface area (Å²) in [6, 6.07) is 41.0. The summed E-state index contributed by atoms with van der Waals surface area (Å²) in [7, 11) is 0. The minimum atomic E-state index is -1.08. The Morgan fingerprint density at radius 1 is 0.854 bits per heavy atom. The van der Waals surface area contributed by atoms with Gasteiger partial charge >= 0.3 is 5.97 Å². The summed E-state index contributed by atoms with van der Waals surface area (Å²) in [4.78, 5) is 28.7. The van der Waals surface area contributed by atoms with Gasteiger partial charge in [0.2, 0.25) is 0 Å². The predicted octanol–water partition coefficient (Wildman–Crippen LogP) is 9.50. The van der Waals surface area contributed by atoms with Gasteiger partial charge in [-0.2, -0.15) is 0 Å². The molecule has 0 bridgehead atoms. The van der Waals surface area contributed by atoms with Gasteiger partial charge in [-0.15, -0.1) is 0 Å². The standard InChI is InChI=1S/C41H32N2O3S2/c44-38(45)25-42-40(46)37(48-41(42)47)24-29-23-35-32-16-9-17-36(32)43(39(35)33-15-8-7-14-31(29)33)30-20-18-26(19-21-30)22-34(27-10-3-1-4-11-27)28-12-5-2-6-13-28/h1-8,10-15,18-24,32,36H,9,16-17,25H2,(H,44,45)/b37-24-. The lowest BCUT2D eigenvalue weighted by Crippen LogP contribution is -2.33. The lowest BCUT2D eigenvalue weighted by Gasteiger charge is -2.28. The van der Waals surface area contributed by atoms with Crippen LogP contribution in [-0.2, 0) is 9.59 Å². The Morgan fingerprint density at radius 3 is 2.17 bits per heavy atom. The molecule has 1 aliphatic carbocycles. The molecule has 1 saturated heterocycles. The highest BCUT2D eigenvalue weighted by atomic mass is 32.2. The SMILES string of the molecule is O=C(O)CN1C(=O)/C(=C/c2cc3c(c4ccccc24)N(c2ccc(C=C(c4ccccc4)c4ccccc4)cc2)C2CCCC32)SC1=S. The third kappa shape index (κ3) is 5.43. The summed E-state index contributed by atoms with van der Waals surface area (Å²) >= 11 is 6.54. The number of anilines is 2. The van der Waals surface area contributed by atoms with Crippen molar-refractivity contribution in [3.05, 3.63) is 148 Å². The Kier molecular flexibility index (Phi) is 7.95. The topological polar surface area (TPSA) is 60.9 Å². The van der Waals surface area contributed by atoms with Crippen molar-refractivity contribution in [2.24, 2.45) is 0 Å². The van der Waals surface area contributed by atoms with Gasteiger partial charge in [0, 0.05) is 23.0 Å². The number of carbonyl (C=O) groups is 2. The first-order valence-corrected chi connectivity index (χ1v) is 17.4. The number of hydrogen-bond acceptors (Lipinski definition) is 5. The Morgan fingerprint density at radius 2 is 1.50 bits per heavy atom. The third-order valence-electron chi connectivity index (χ3n) is 9.63. The first-order valence-electron chi connectivity index (χ1n) is 16.2. The highest BCUT2D eigenvalue weighted by Gasteiger charge is 2.43. The lowest BCUT2D eigenvalue weighted by atomic mass is 9.92. The molecule has 8 rings (SSSR count). The van der Waals surface area contributed by atoms with Crippen molar-refractivity contribution in [2.45, 2.75) is 31.2 Å². The van der Waals surface area contributed by atoms with Crippen LogP contribution in [0.15, 0.2) is 120 Å². The van der Waals surface area contributed by atoms with E-state index in [4.69, 9.17) is 12.2 Å². The zero-order chi connectivity index (χ0) is 32.8. The van der Waals surface area contributed by atoms with E-state index < -0.39 is 12.5 Å². The summed E-state index contributed by atoms with van der Waals surface area (Å²) in [6.45, 7) is -0.430. The molecule has 0 spiro atoms. The van der Waals surface area contributed by atoms with Crippen LogP contribution in [-0.4, -0.2) is 38.8 Å². The summed E-state index contributed by atoms with van der Waals surface area (Å²) in [5.41, 5.74) is 9.38. The smallest absolute Gasteiger partial charge is 0.323 e. The number of fused-ring (bicyclic) bond motifs is 5. The molecule has 5 aromatic rings. The Labute approximate surface area is 289 Å². The van der Waals surface area contributed by atoms with Gasteiger partial charge in [0.05, 0.1) is 10.6 Å². The van der Waals surface area contributed by atoms with Crippen LogP contribution in [0.2, 0.25) is 0 Å². The van der Waals surface area contributed by atoms with E-state index >= 15 is 0 Å². The molecule has 0 radical (unpaired) electrons. The number of thiocarbonyl (C=S) groups is 1. The number of thioether (sulfide) groups is 1. The van der Waals surface area contributed by atoms with Crippen molar-refractivity contribution >= 4 is 80.0 Å². The van der Waals surface area contributed by atoms with Crippen LogP contribution in [0, 0.1) is 0 Å². The van der Waals surface area contributed by atoms with E-state index in [1.54, 1.807) is 0 Å². The second-order valence-electron chi connectivity index (χ2n) is 12.5. The van der Waals surface area contributed by atoms with Gasteiger partial charge in [-0.3, -0.25) is 14.5 Å². The molecule has 7 heteroatoms. The predicted molar refractivity (Wildman–Crippen MR) is 200 cm³/mol. The van der Waals surface area contributed by atoms with Crippen molar-refractivity contribution < 1.29 is 14.7 Å². The number of rotatable bonds is 7. The largest absolute Gasteiger partial charge is 0.480 e. The summed E-state index contributed by atoms with van der Waals surface area (Å²) in [5.74, 6) is -1.05. The number of carbonyl (C=O) groups excluding carboxylic acids is 1. The van der Waals surface area contributed by atoms with Crippen LogP contribution in [0.25, 0.3) is 28.5 Å². The van der Waals surface area contributed by atoms with Crippen molar-refractivity contribution in [3.63, 3.8) is 0 Å². The zero-order valence-corrected chi connectivity index (χ0v) is 27.7. The number of hydrogen-bond donors (Lipinski definition) is 1. The van der Waals surface area contributed by atoms with Crippen molar-refractivity contribution in [2.75, 3.05) is 11.4 Å². The van der Waals surface area contributed by atoms with Crippen molar-refractivity contribution in [3.8, 4) is 0 Å². The molecule has 0 aromatic heterocycles. The molecule has 2 unspecified atom stereocenters. The molecule has 3 aliphatic rings. The molecular weight excluding hydrogens is 633 g/mol. The molecule has 1 N–H and O–H groups in total. The lowest BCUT2D eigenvalue weighted by molar-refractivity contribution is -0.140. The summed E-state index contributed by atoms with van der Waals surface area (Å²) in [6.07, 6.45) is 7.56. The number of carboxylic acids is 1. The van der Waals surface area contributed by atoms with Crippen LogP contribution < -0.4 is 4.90 Å². The van der Waals surface area contributed by atoms with Crippen LogP contribution in [0.1, 0.15) is 53.0 Å². The van der Waals surface area contributed by atoms with E-state index in [9.17, 15) is 14.7 Å². The highest BCUT2D eigenvalue weighted by Crippen LogP contribution is 2.55. The van der Waals surface area contributed by atoms with E-state index in [2.05, 4.69) is 108 Å². The van der Waals surface area contributed by atoms with E-state index in [-0.39, 0.29) is 10.2 Å². The van der Waals surface area contributed by atoms with Crippen LogP contribution in [0.4, 0.5) is 11.4 Å². The van der Waals surface area contributed by atoms with Gasteiger partial charge in [0.25, 0.3) is 5.91 Å². The van der Waals surface area contributed by atoms with E-state index in [1.807, 2.05) is 24.3 Å². The van der Waals surface area contributed by atoms with Gasteiger partial charge in [0.15, 0.2) is 0 Å². The molecule has 2 fully saturated rings. The summed E-state index contributed by atoms with van der Waals surface area (Å²) in [5, 5.41) is 11.5. The monoisotopic (exact) mass is 664 g/mol. The molecule has 1 amide bonds. The minimum Gasteiger partial charge on any atom is -0.480 e. The van der Waals surface area contributed by atoms with Crippen molar-refractivity contribution in [1.82, 2.24) is 4.90 Å². The molecule has 5 nitrogen and oxygen atoms in total. The number of carboxylic acid groups (broad SMARTS) is 1. The first kappa shape index (κ1) is 30.4. The van der Waals surface area contributed by atoms with Gasteiger partial charge in [-0.25, -0.2) is 0 Å². The normalized spacial score (nSPS) is 19.2. The van der Waals surface area contributed by atoms with E-state index in [1.165, 1.54) is 56.7 Å². The Hall–Kier alpha value is -4.98. The molecule has 2 heterocycles. The highest BCUT2D eigenvalue weighted by molar-refractivity contribution is 8.26.